The monoisotopic (exact) mass is 622 g/mol. The topological polar surface area (TPSA) is 182 Å². The Morgan fingerprint density at radius 1 is 0.956 bits per heavy atom. The molecular weight excluding hydrogens is 576 g/mol. The van der Waals surface area contributed by atoms with Gasteiger partial charge >= 0.3 is 12.1 Å². The van der Waals surface area contributed by atoms with E-state index >= 15 is 0 Å². The molecule has 0 aliphatic carbocycles. The van der Waals surface area contributed by atoms with E-state index in [1.54, 1.807) is 45.0 Å². The molecule has 1 aliphatic heterocycles. The first-order valence-electron chi connectivity index (χ1n) is 15.3. The normalized spacial score (nSPS) is 20.5. The van der Waals surface area contributed by atoms with Gasteiger partial charge < -0.3 is 26.6 Å². The molecule has 11 nitrogen and oxygen atoms in total. The number of ketones is 3. The summed E-state index contributed by atoms with van der Waals surface area (Å²) in [6.07, 6.45) is -0.0478. The van der Waals surface area contributed by atoms with Crippen LogP contribution in [0.25, 0.3) is 0 Å². The molecule has 1 saturated heterocycles. The van der Waals surface area contributed by atoms with Crippen molar-refractivity contribution in [2.75, 3.05) is 13.1 Å². The van der Waals surface area contributed by atoms with E-state index in [0.29, 0.717) is 6.42 Å². The largest absolute Gasteiger partial charge is 0.480 e. The van der Waals surface area contributed by atoms with Gasteiger partial charge in [0, 0.05) is 19.5 Å². The Morgan fingerprint density at radius 3 is 2.00 bits per heavy atom. The van der Waals surface area contributed by atoms with Crippen molar-refractivity contribution in [1.29, 1.82) is 0 Å². The molecule has 3 rings (SSSR count). The Bertz CT molecular complexity index is 1350. The smallest absolute Gasteiger partial charge is 0.408 e. The minimum atomic E-state index is -2.29. The number of aliphatic carboxylic acids is 1. The molecule has 0 saturated carbocycles. The zero-order valence-corrected chi connectivity index (χ0v) is 26.5. The number of nitrogens with zero attached hydrogens (tertiary/aromatic N) is 1. The molecule has 2 aromatic rings. The Balaban J connectivity index is 1.84. The van der Waals surface area contributed by atoms with E-state index in [4.69, 9.17) is 16.2 Å². The highest BCUT2D eigenvalue weighted by molar-refractivity contribution is 6.15. The van der Waals surface area contributed by atoms with Crippen LogP contribution in [-0.2, 0) is 36.8 Å². The number of hydrogen-bond acceptors (Lipinski definition) is 9. The van der Waals surface area contributed by atoms with E-state index in [-0.39, 0.29) is 44.6 Å². The number of rotatable bonds is 15. The Kier molecular flexibility index (Phi) is 12.1. The summed E-state index contributed by atoms with van der Waals surface area (Å²) in [5, 5.41) is 13.2. The maximum absolute atomic E-state index is 14.2. The number of nitrogens with two attached hydrogens (primary N) is 2. The number of amides is 1. The van der Waals surface area contributed by atoms with E-state index in [2.05, 4.69) is 5.32 Å². The fourth-order valence-corrected chi connectivity index (χ4v) is 5.96. The van der Waals surface area contributed by atoms with Crippen LogP contribution in [0.15, 0.2) is 60.7 Å². The number of carboxylic acid groups (broad SMARTS) is 1. The zero-order valence-electron chi connectivity index (χ0n) is 26.5. The minimum Gasteiger partial charge on any atom is -0.480 e. The molecule has 1 aliphatic rings. The molecule has 244 valence electrons. The van der Waals surface area contributed by atoms with E-state index in [0.717, 1.165) is 11.1 Å². The molecular formula is C34H46N4O7. The lowest BCUT2D eigenvalue weighted by molar-refractivity contribution is -0.162. The van der Waals surface area contributed by atoms with Gasteiger partial charge in [0.1, 0.15) is 11.4 Å². The molecule has 1 heterocycles. The van der Waals surface area contributed by atoms with Gasteiger partial charge in [-0.1, -0.05) is 60.7 Å². The average Bonchev–Trinajstić information content (AvgIpc) is 3.36. The molecule has 6 N–H and O–H groups in total. The van der Waals surface area contributed by atoms with Crippen LogP contribution in [0.4, 0.5) is 4.79 Å². The van der Waals surface area contributed by atoms with E-state index in [1.165, 1.54) is 11.8 Å². The minimum absolute atomic E-state index is 0.0523. The molecule has 45 heavy (non-hydrogen) atoms. The number of carbonyl (C=O) groups is 5. The average molecular weight is 623 g/mol. The summed E-state index contributed by atoms with van der Waals surface area (Å²) >= 11 is 0. The molecule has 0 radical (unpaired) electrons. The van der Waals surface area contributed by atoms with Gasteiger partial charge in [0.15, 0.2) is 17.1 Å². The van der Waals surface area contributed by atoms with Gasteiger partial charge in [-0.15, -0.1) is 0 Å². The fraction of sp³-hybridized carbons (Fsp3) is 0.500. The van der Waals surface area contributed by atoms with Crippen molar-refractivity contribution in [1.82, 2.24) is 10.2 Å². The van der Waals surface area contributed by atoms with Crippen LogP contribution in [0.2, 0.25) is 0 Å². The maximum Gasteiger partial charge on any atom is 0.408 e. The van der Waals surface area contributed by atoms with Crippen molar-refractivity contribution < 1.29 is 33.8 Å². The predicted octanol–water partition coefficient (Wildman–Crippen LogP) is 2.67. The van der Waals surface area contributed by atoms with Crippen molar-refractivity contribution in [2.45, 2.75) is 89.1 Å². The van der Waals surface area contributed by atoms with Crippen molar-refractivity contribution in [2.24, 2.45) is 17.4 Å². The molecule has 2 aromatic carbocycles. The number of benzene rings is 2. The highest BCUT2D eigenvalue weighted by Crippen LogP contribution is 2.39. The first-order valence-corrected chi connectivity index (χ1v) is 15.3. The van der Waals surface area contributed by atoms with Crippen molar-refractivity contribution >= 4 is 29.4 Å². The van der Waals surface area contributed by atoms with Crippen LogP contribution in [0.3, 0.4) is 0 Å². The van der Waals surface area contributed by atoms with Crippen molar-refractivity contribution in [3.63, 3.8) is 0 Å². The molecule has 0 bridgehead atoms. The van der Waals surface area contributed by atoms with Crippen LogP contribution in [0.1, 0.15) is 58.1 Å². The van der Waals surface area contributed by atoms with Crippen molar-refractivity contribution in [3.8, 4) is 0 Å². The standard InChI is InChI=1S/C34H46N4O7/c1-22(37-32(44)45-33(2,3)4)29(40)25-17-19-38(18-11-16-28(39)26(35)20-23-12-7-5-8-13-23)34(25,31(42)43)30(41)27(36)21-24-14-9-6-10-15-24/h5-10,12-15,22,25-27H,11,16-21,35-36H2,1-4H3,(H,37,44)(H,42,43)/t22-,25?,26-,27-,34+/m0/s1. The van der Waals surface area contributed by atoms with E-state index in [9.17, 15) is 29.1 Å². The summed E-state index contributed by atoms with van der Waals surface area (Å²) in [6, 6.07) is 15.2. The lowest BCUT2D eigenvalue weighted by Crippen LogP contribution is -2.67. The molecule has 1 amide bonds. The van der Waals surface area contributed by atoms with Crippen molar-refractivity contribution in [3.05, 3.63) is 71.8 Å². The molecule has 5 atom stereocenters. The number of ether oxygens (including phenoxy) is 1. The van der Waals surface area contributed by atoms with Gasteiger partial charge in [-0.3, -0.25) is 19.3 Å². The predicted molar refractivity (Wildman–Crippen MR) is 169 cm³/mol. The third-order valence-electron chi connectivity index (χ3n) is 8.09. The molecule has 11 heteroatoms. The van der Waals surface area contributed by atoms with Gasteiger partial charge in [0.05, 0.1) is 24.0 Å². The molecule has 1 unspecified atom stereocenters. The zero-order chi connectivity index (χ0) is 33.4. The Morgan fingerprint density at radius 2 is 1.49 bits per heavy atom. The quantitative estimate of drug-likeness (QED) is 0.216. The van der Waals surface area contributed by atoms with Crippen LogP contribution < -0.4 is 16.8 Å². The summed E-state index contributed by atoms with van der Waals surface area (Å²) in [5.41, 5.74) is 11.1. The lowest BCUT2D eigenvalue weighted by atomic mass is 9.74. The third kappa shape index (κ3) is 9.06. The summed E-state index contributed by atoms with van der Waals surface area (Å²) in [6.45, 7) is 6.62. The summed E-state index contributed by atoms with van der Waals surface area (Å²) in [7, 11) is 0. The number of likely N-dealkylation sites (tertiary alicyclic amines) is 1. The maximum atomic E-state index is 14.2. The second-order valence-corrected chi connectivity index (χ2v) is 12.7. The first-order chi connectivity index (χ1) is 21.2. The number of alkyl carbamates (subject to hydrolysis) is 1. The van der Waals surface area contributed by atoms with Gasteiger partial charge in [-0.25, -0.2) is 9.59 Å². The van der Waals surface area contributed by atoms with E-state index in [1.807, 2.05) is 36.4 Å². The molecule has 1 fully saturated rings. The lowest BCUT2D eigenvalue weighted by Gasteiger charge is -2.39. The Hall–Kier alpha value is -3.93. The second-order valence-electron chi connectivity index (χ2n) is 12.7. The highest BCUT2D eigenvalue weighted by Gasteiger charge is 2.63. The van der Waals surface area contributed by atoms with Gasteiger partial charge in [0.2, 0.25) is 0 Å². The number of Topliss-reactive ketones (excluding diaryl/α,β-unsaturated/α-hetero) is 3. The third-order valence-corrected chi connectivity index (χ3v) is 8.09. The van der Waals surface area contributed by atoms with Gasteiger partial charge in [-0.2, -0.15) is 0 Å². The molecule has 0 spiro atoms. The van der Waals surface area contributed by atoms with E-state index < -0.39 is 58.8 Å². The number of hydrogen-bond donors (Lipinski definition) is 4. The Labute approximate surface area is 264 Å². The molecule has 0 aromatic heterocycles. The number of nitrogens with one attached hydrogen (secondary N) is 1. The van der Waals surface area contributed by atoms with Crippen LogP contribution in [0, 0.1) is 5.92 Å². The number of carbonyl (C=O) groups excluding carboxylic acids is 4. The first kappa shape index (κ1) is 35.5. The highest BCUT2D eigenvalue weighted by atomic mass is 16.6. The van der Waals surface area contributed by atoms with Gasteiger partial charge in [0.25, 0.3) is 0 Å². The van der Waals surface area contributed by atoms with Crippen LogP contribution in [0.5, 0.6) is 0 Å². The van der Waals surface area contributed by atoms with Gasteiger partial charge in [-0.05, 0) is 64.5 Å². The second kappa shape index (κ2) is 15.4. The number of carboxylic acids is 1. The summed E-state index contributed by atoms with van der Waals surface area (Å²) in [4.78, 5) is 68.0. The SMILES string of the molecule is C[C@H](NC(=O)OC(C)(C)C)C(=O)C1CCN(CCCC(=O)[C@@H](N)Cc2ccccc2)[C@@]1(C(=O)O)C(=O)[C@@H](N)Cc1ccccc1. The van der Waals surface area contributed by atoms with Crippen LogP contribution >= 0.6 is 0 Å². The fourth-order valence-electron chi connectivity index (χ4n) is 5.96. The van der Waals surface area contributed by atoms with Crippen LogP contribution in [-0.4, -0.2) is 81.8 Å². The summed E-state index contributed by atoms with van der Waals surface area (Å²) < 4.78 is 5.27. The summed E-state index contributed by atoms with van der Waals surface area (Å²) in [5.74, 6) is -4.40.